The standard InChI is InChI=1S/C26H32O5Si/c1-15(27)30-19-11-8-10-17-22(19)24(28)18-14-13-16-9-7-12-20(21(16)23(18)25(17)29)31-32(5,6)26(2,3)4/h8,10-11,13,20-21H,7,9,12,14H2,1-6H3/t20-,21-/m1/s1. The van der Waals surface area contributed by atoms with Gasteiger partial charge in [0.25, 0.3) is 0 Å². The molecule has 0 aromatic heterocycles. The number of allylic oxidation sites excluding steroid dienone is 2. The fourth-order valence-electron chi connectivity index (χ4n) is 4.87. The van der Waals surface area contributed by atoms with Crippen molar-refractivity contribution in [1.82, 2.24) is 0 Å². The van der Waals surface area contributed by atoms with Crippen LogP contribution < -0.4 is 4.74 Å². The van der Waals surface area contributed by atoms with Crippen molar-refractivity contribution in [3.05, 3.63) is 52.1 Å². The Morgan fingerprint density at radius 1 is 1.12 bits per heavy atom. The summed E-state index contributed by atoms with van der Waals surface area (Å²) in [7, 11) is -2.07. The van der Waals surface area contributed by atoms with Gasteiger partial charge in [-0.1, -0.05) is 44.6 Å². The van der Waals surface area contributed by atoms with E-state index >= 15 is 0 Å². The van der Waals surface area contributed by atoms with E-state index in [1.54, 1.807) is 18.2 Å². The molecule has 3 aliphatic carbocycles. The first kappa shape index (κ1) is 22.9. The maximum atomic E-state index is 13.8. The number of hydrogen-bond donors (Lipinski definition) is 0. The second kappa shape index (κ2) is 7.92. The number of hydrogen-bond acceptors (Lipinski definition) is 5. The summed E-state index contributed by atoms with van der Waals surface area (Å²) >= 11 is 0. The third-order valence-corrected chi connectivity index (χ3v) is 12.0. The van der Waals surface area contributed by atoms with E-state index in [-0.39, 0.29) is 39.9 Å². The second-order valence-corrected chi connectivity index (χ2v) is 15.3. The van der Waals surface area contributed by atoms with Crippen molar-refractivity contribution in [2.75, 3.05) is 0 Å². The highest BCUT2D eigenvalue weighted by molar-refractivity contribution is 6.74. The summed E-state index contributed by atoms with van der Waals surface area (Å²) < 4.78 is 12.1. The number of ether oxygens (including phenoxy) is 1. The SMILES string of the molecule is CC(=O)Oc1cccc2c1C(=O)C1=C(C2=O)[C@@H]2C(=CC1)CCC[C@H]2O[Si](C)(C)C(C)(C)C. The smallest absolute Gasteiger partial charge is 0.308 e. The molecule has 170 valence electrons. The molecular formula is C26H32O5Si. The van der Waals surface area contributed by atoms with Crippen molar-refractivity contribution in [3.8, 4) is 5.75 Å². The Morgan fingerprint density at radius 3 is 2.50 bits per heavy atom. The van der Waals surface area contributed by atoms with Crippen LogP contribution in [0.1, 0.15) is 74.1 Å². The van der Waals surface area contributed by atoms with Gasteiger partial charge < -0.3 is 9.16 Å². The molecule has 2 atom stereocenters. The van der Waals surface area contributed by atoms with Crippen LogP contribution in [0.5, 0.6) is 5.75 Å². The molecule has 6 heteroatoms. The van der Waals surface area contributed by atoms with Gasteiger partial charge in [0.1, 0.15) is 5.75 Å². The van der Waals surface area contributed by atoms with Crippen molar-refractivity contribution < 1.29 is 23.5 Å². The van der Waals surface area contributed by atoms with E-state index in [2.05, 4.69) is 39.9 Å². The minimum atomic E-state index is -2.07. The van der Waals surface area contributed by atoms with Crippen LogP contribution in [-0.4, -0.2) is 32.0 Å². The molecule has 0 spiro atoms. The predicted octanol–water partition coefficient (Wildman–Crippen LogP) is 5.81. The minimum absolute atomic E-state index is 0.0537. The topological polar surface area (TPSA) is 69.7 Å². The average Bonchev–Trinajstić information content (AvgIpc) is 2.70. The molecule has 0 bridgehead atoms. The van der Waals surface area contributed by atoms with Gasteiger partial charge >= 0.3 is 5.97 Å². The van der Waals surface area contributed by atoms with Crippen LogP contribution in [0.25, 0.3) is 0 Å². The lowest BCUT2D eigenvalue weighted by Crippen LogP contribution is -2.48. The van der Waals surface area contributed by atoms with Gasteiger partial charge in [0.2, 0.25) is 0 Å². The monoisotopic (exact) mass is 452 g/mol. The molecule has 32 heavy (non-hydrogen) atoms. The van der Waals surface area contributed by atoms with Crippen LogP contribution in [0, 0.1) is 5.92 Å². The summed E-state index contributed by atoms with van der Waals surface area (Å²) in [6.07, 6.45) is 5.30. The zero-order chi connectivity index (χ0) is 23.4. The van der Waals surface area contributed by atoms with Crippen molar-refractivity contribution in [3.63, 3.8) is 0 Å². The Kier molecular flexibility index (Phi) is 5.66. The highest BCUT2D eigenvalue weighted by Crippen LogP contribution is 2.49. The Balaban J connectivity index is 1.79. The zero-order valence-electron chi connectivity index (χ0n) is 19.8. The number of ketones is 2. The molecule has 0 N–H and O–H groups in total. The predicted molar refractivity (Wildman–Crippen MR) is 126 cm³/mol. The molecule has 0 radical (unpaired) electrons. The van der Waals surface area contributed by atoms with E-state index in [0.29, 0.717) is 23.1 Å². The first-order valence-corrected chi connectivity index (χ1v) is 14.3. The third-order valence-electron chi connectivity index (χ3n) is 7.45. The summed E-state index contributed by atoms with van der Waals surface area (Å²) in [6.45, 7) is 12.4. The molecule has 1 fully saturated rings. The van der Waals surface area contributed by atoms with E-state index in [4.69, 9.17) is 9.16 Å². The first-order chi connectivity index (χ1) is 14.9. The van der Waals surface area contributed by atoms with Crippen LogP contribution in [0.4, 0.5) is 0 Å². The largest absolute Gasteiger partial charge is 0.426 e. The lowest BCUT2D eigenvalue weighted by atomic mass is 9.67. The van der Waals surface area contributed by atoms with Gasteiger partial charge in [-0.15, -0.1) is 0 Å². The Bertz CT molecular complexity index is 1070. The maximum Gasteiger partial charge on any atom is 0.308 e. The molecule has 5 nitrogen and oxygen atoms in total. The average molecular weight is 453 g/mol. The lowest BCUT2D eigenvalue weighted by molar-refractivity contribution is -0.131. The van der Waals surface area contributed by atoms with E-state index in [1.807, 2.05) is 0 Å². The van der Waals surface area contributed by atoms with Gasteiger partial charge in [0.05, 0.1) is 11.7 Å². The Morgan fingerprint density at radius 2 is 1.84 bits per heavy atom. The number of esters is 1. The number of benzene rings is 1. The summed E-state index contributed by atoms with van der Waals surface area (Å²) in [4.78, 5) is 38.9. The number of fused-ring (bicyclic) bond motifs is 3. The van der Waals surface area contributed by atoms with E-state index in [0.717, 1.165) is 19.3 Å². The molecule has 0 heterocycles. The molecule has 1 aromatic rings. The summed E-state index contributed by atoms with van der Waals surface area (Å²) in [5.41, 5.74) is 2.88. The van der Waals surface area contributed by atoms with Crippen molar-refractivity contribution in [2.45, 2.75) is 77.6 Å². The third kappa shape index (κ3) is 3.73. The molecule has 0 saturated heterocycles. The quantitative estimate of drug-likeness (QED) is 0.251. The highest BCUT2D eigenvalue weighted by Gasteiger charge is 2.47. The summed E-state index contributed by atoms with van der Waals surface area (Å²) in [6, 6.07) is 4.90. The zero-order valence-corrected chi connectivity index (χ0v) is 20.8. The molecular weight excluding hydrogens is 420 g/mol. The molecule has 4 rings (SSSR count). The van der Waals surface area contributed by atoms with Crippen LogP contribution in [0.2, 0.25) is 18.1 Å². The van der Waals surface area contributed by atoms with Crippen molar-refractivity contribution >= 4 is 25.9 Å². The normalized spacial score (nSPS) is 23.2. The maximum absolute atomic E-state index is 13.8. The number of carbonyl (C=O) groups is 3. The molecule has 1 aromatic carbocycles. The van der Waals surface area contributed by atoms with Crippen LogP contribution >= 0.6 is 0 Å². The second-order valence-electron chi connectivity index (χ2n) is 10.6. The van der Waals surface area contributed by atoms with E-state index in [1.165, 1.54) is 12.5 Å². The summed E-state index contributed by atoms with van der Waals surface area (Å²) in [5.74, 6) is -0.876. The minimum Gasteiger partial charge on any atom is -0.426 e. The molecule has 0 unspecified atom stereocenters. The van der Waals surface area contributed by atoms with Crippen LogP contribution in [0.15, 0.2) is 41.0 Å². The van der Waals surface area contributed by atoms with Crippen molar-refractivity contribution in [2.24, 2.45) is 5.92 Å². The number of carbonyl (C=O) groups excluding carboxylic acids is 3. The van der Waals surface area contributed by atoms with Gasteiger partial charge in [0.15, 0.2) is 19.9 Å². The molecule has 0 amide bonds. The van der Waals surface area contributed by atoms with Gasteiger partial charge in [-0.05, 0) is 49.9 Å². The van der Waals surface area contributed by atoms with Crippen LogP contribution in [-0.2, 0) is 9.22 Å². The first-order valence-electron chi connectivity index (χ1n) is 11.4. The molecule has 0 aliphatic heterocycles. The fraction of sp³-hybridized carbons (Fsp3) is 0.500. The van der Waals surface area contributed by atoms with Crippen LogP contribution in [0.3, 0.4) is 0 Å². The molecule has 3 aliphatic rings. The molecule has 1 saturated carbocycles. The Hall–Kier alpha value is -2.31. The lowest BCUT2D eigenvalue weighted by Gasteiger charge is -2.45. The van der Waals surface area contributed by atoms with Crippen molar-refractivity contribution in [1.29, 1.82) is 0 Å². The van der Waals surface area contributed by atoms with Gasteiger partial charge in [-0.25, -0.2) is 0 Å². The van der Waals surface area contributed by atoms with Gasteiger partial charge in [0, 0.05) is 29.6 Å². The van der Waals surface area contributed by atoms with E-state index in [9.17, 15) is 14.4 Å². The highest BCUT2D eigenvalue weighted by atomic mass is 28.4. The number of rotatable bonds is 3. The Labute approximate surface area is 191 Å². The van der Waals surface area contributed by atoms with Gasteiger partial charge in [-0.3, -0.25) is 14.4 Å². The summed E-state index contributed by atoms with van der Waals surface area (Å²) in [5, 5.41) is 0.0537. The fourth-order valence-corrected chi connectivity index (χ4v) is 6.23. The van der Waals surface area contributed by atoms with Gasteiger partial charge in [-0.2, -0.15) is 0 Å². The van der Waals surface area contributed by atoms with E-state index < -0.39 is 14.3 Å². The number of Topliss-reactive ketones (excluding diaryl/α,β-unsaturated/α-hetero) is 2.